The van der Waals surface area contributed by atoms with Crippen molar-refractivity contribution in [2.24, 2.45) is 35.5 Å². The van der Waals surface area contributed by atoms with Gasteiger partial charge in [-0.25, -0.2) is 4.57 Å². The standard InChI is InChI=1S/2C29H50O2.2Na.H3O4P/c2*1-20(2)12-9-13-21(3)14-10-15-22(4)16-11-18-29(8)19-17-26-25(7)27(30)23(5)24(6)28(26)31-29;;;1-5(2,3)4/h2*20-22,30H,9-19H2,1-8H3;;;(H3,1,2,3,4)/q;;2*+1;/p-2/t21-,22-,29-;;;;/m1..../s1. The summed E-state index contributed by atoms with van der Waals surface area (Å²) in [6, 6.07) is 0. The molecule has 2 aromatic rings. The maximum absolute atomic E-state index is 12.4. The van der Waals surface area contributed by atoms with E-state index in [9.17, 15) is 10.2 Å². The third-order valence-corrected chi connectivity index (χ3v) is 15.7. The van der Waals surface area contributed by atoms with E-state index in [0.717, 1.165) is 130 Å². The quantitative estimate of drug-likeness (QED) is 0.0698. The number of hydrogen-bond donors (Lipinski definition) is 3. The topological polar surface area (TPSA) is 142 Å². The fraction of sp³-hybridized carbons (Fsp3) is 0.793. The Balaban J connectivity index is 0.00000119. The van der Waals surface area contributed by atoms with Gasteiger partial charge in [0.2, 0.25) is 0 Å². The van der Waals surface area contributed by atoms with Crippen molar-refractivity contribution in [2.45, 2.75) is 263 Å². The van der Waals surface area contributed by atoms with Gasteiger partial charge in [-0.1, -0.05) is 168 Å². The van der Waals surface area contributed by atoms with Crippen LogP contribution in [0.5, 0.6) is 23.0 Å². The summed E-state index contributed by atoms with van der Waals surface area (Å²) < 4.78 is 22.0. The van der Waals surface area contributed by atoms with Crippen molar-refractivity contribution in [3.05, 3.63) is 44.5 Å². The molecular formula is C58H101Na2O8P. The zero-order chi connectivity index (χ0) is 50.9. The van der Waals surface area contributed by atoms with E-state index in [0.29, 0.717) is 0 Å². The predicted molar refractivity (Wildman–Crippen MR) is 279 cm³/mol. The predicted octanol–water partition coefficient (Wildman–Crippen LogP) is 9.50. The van der Waals surface area contributed by atoms with E-state index in [1.807, 2.05) is 41.5 Å². The zero-order valence-corrected chi connectivity index (χ0v) is 52.7. The Kier molecular flexibility index (Phi) is 32.8. The summed E-state index contributed by atoms with van der Waals surface area (Å²) in [6.45, 7) is 35.5. The molecule has 0 aliphatic carbocycles. The zero-order valence-electron chi connectivity index (χ0n) is 47.9. The third kappa shape index (κ3) is 25.2. The second-order valence-corrected chi connectivity index (χ2v) is 24.4. The second kappa shape index (κ2) is 32.9. The normalized spacial score (nSPS) is 19.2. The summed E-state index contributed by atoms with van der Waals surface area (Å²) in [5, 5.41) is 24.8. The maximum Gasteiger partial charge on any atom is 1.00 e. The third-order valence-electron chi connectivity index (χ3n) is 15.7. The van der Waals surface area contributed by atoms with Gasteiger partial charge < -0.3 is 34.4 Å². The minimum atomic E-state index is -4.64. The van der Waals surface area contributed by atoms with Gasteiger partial charge in [0.25, 0.3) is 0 Å². The Hall–Kier alpha value is -0.250. The number of fused-ring (bicyclic) bond motifs is 2. The summed E-state index contributed by atoms with van der Waals surface area (Å²) >= 11 is 0. The molecule has 0 fully saturated rings. The molecule has 2 heterocycles. The number of hydrogen-bond acceptors (Lipinski definition) is 5. The smallest absolute Gasteiger partial charge is 0.872 e. The summed E-state index contributed by atoms with van der Waals surface area (Å²) in [6.07, 6.45) is 27.8. The number of rotatable bonds is 24. The molecule has 3 unspecified atom stereocenters. The van der Waals surface area contributed by atoms with Gasteiger partial charge in [0.05, 0.1) is 0 Å². The van der Waals surface area contributed by atoms with E-state index in [4.69, 9.17) is 28.7 Å². The van der Waals surface area contributed by atoms with Crippen LogP contribution in [0.3, 0.4) is 0 Å². The Morgan fingerprint density at radius 2 is 0.710 bits per heavy atom. The second-order valence-electron chi connectivity index (χ2n) is 23.4. The van der Waals surface area contributed by atoms with Crippen LogP contribution < -0.4 is 78.8 Å². The van der Waals surface area contributed by atoms with Crippen LogP contribution in [0, 0.1) is 77.0 Å². The van der Waals surface area contributed by atoms with Crippen molar-refractivity contribution >= 4 is 7.82 Å². The average molecular weight is 1000 g/mol. The van der Waals surface area contributed by atoms with Crippen molar-refractivity contribution in [2.75, 3.05) is 0 Å². The minimum absolute atomic E-state index is 0. The first kappa shape index (κ1) is 68.8. The number of phosphoric acid groups is 1. The van der Waals surface area contributed by atoms with Gasteiger partial charge in [0.1, 0.15) is 22.7 Å². The van der Waals surface area contributed by atoms with Crippen LogP contribution in [0.2, 0.25) is 0 Å². The summed E-state index contributed by atoms with van der Waals surface area (Å²) in [4.78, 5) is 21.6. The van der Waals surface area contributed by atoms with Gasteiger partial charge in [0.15, 0.2) is 0 Å². The van der Waals surface area contributed by atoms with E-state index in [2.05, 4.69) is 69.2 Å². The largest absolute Gasteiger partial charge is 1.00 e. The van der Waals surface area contributed by atoms with Crippen LogP contribution >= 0.6 is 7.82 Å². The molecular weight excluding hydrogens is 902 g/mol. The Morgan fingerprint density at radius 1 is 0.464 bits per heavy atom. The number of ether oxygens (including phenoxy) is 2. The Morgan fingerprint density at radius 3 is 0.971 bits per heavy atom. The van der Waals surface area contributed by atoms with Crippen molar-refractivity contribution in [1.82, 2.24) is 0 Å². The van der Waals surface area contributed by atoms with Gasteiger partial charge in [-0.2, -0.15) is 0 Å². The van der Waals surface area contributed by atoms with Crippen LogP contribution in [0.25, 0.3) is 0 Å². The van der Waals surface area contributed by atoms with E-state index in [1.54, 1.807) is 0 Å². The Labute approximate surface area is 468 Å². The molecule has 0 bridgehead atoms. The summed E-state index contributed by atoms with van der Waals surface area (Å²) in [5.74, 6) is 7.46. The fourth-order valence-corrected chi connectivity index (χ4v) is 10.5. The SMILES string of the molecule is Cc1c(C)c2c(c(C)c1[O-])CCC(C)(CCCC(C)CCCC(C)CCCC(C)C)O2.Cc1c(C)c2c(c(C)c1[O-])CC[C@@](C)(CCC[C@H](C)CCC[C@H](C)CCCC(C)C)O2.O=P(O)(O)O.[Na+].[Na+]. The molecule has 0 saturated heterocycles. The fourth-order valence-electron chi connectivity index (χ4n) is 10.5. The van der Waals surface area contributed by atoms with Crippen molar-refractivity contribution in [1.29, 1.82) is 0 Å². The van der Waals surface area contributed by atoms with Crippen LogP contribution in [-0.2, 0) is 17.4 Å². The molecule has 0 amide bonds. The molecule has 3 N–H and O–H groups in total. The molecule has 6 atom stereocenters. The molecule has 8 nitrogen and oxygen atoms in total. The van der Waals surface area contributed by atoms with Gasteiger partial charge >= 0.3 is 66.9 Å². The first-order chi connectivity index (χ1) is 31.1. The van der Waals surface area contributed by atoms with Crippen molar-refractivity contribution in [3.63, 3.8) is 0 Å². The molecule has 4 rings (SSSR count). The van der Waals surface area contributed by atoms with Crippen molar-refractivity contribution in [3.8, 4) is 23.0 Å². The molecule has 2 aliphatic heterocycles. The van der Waals surface area contributed by atoms with Gasteiger partial charge in [0, 0.05) is 0 Å². The first-order valence-corrected chi connectivity index (χ1v) is 28.4. The van der Waals surface area contributed by atoms with E-state index in [-0.39, 0.29) is 81.8 Å². The summed E-state index contributed by atoms with van der Waals surface area (Å²) in [7, 11) is -4.64. The molecule has 0 spiro atoms. The minimum Gasteiger partial charge on any atom is -0.872 e. The molecule has 2 aromatic carbocycles. The molecule has 388 valence electrons. The van der Waals surface area contributed by atoms with Crippen LogP contribution in [-0.4, -0.2) is 25.9 Å². The average Bonchev–Trinajstić information content (AvgIpc) is 3.22. The summed E-state index contributed by atoms with van der Waals surface area (Å²) in [5.41, 5.74) is 7.72. The first-order valence-electron chi connectivity index (χ1n) is 26.8. The Bertz CT molecular complexity index is 1710. The molecule has 0 radical (unpaired) electrons. The van der Waals surface area contributed by atoms with Gasteiger partial charge in [-0.15, -0.1) is 11.5 Å². The van der Waals surface area contributed by atoms with Crippen LogP contribution in [0.15, 0.2) is 0 Å². The van der Waals surface area contributed by atoms with Gasteiger partial charge in [-0.3, -0.25) is 0 Å². The monoisotopic (exact) mass is 1000 g/mol. The van der Waals surface area contributed by atoms with E-state index in [1.165, 1.54) is 103 Å². The molecule has 0 saturated carbocycles. The molecule has 11 heteroatoms. The van der Waals surface area contributed by atoms with E-state index >= 15 is 0 Å². The molecule has 2 aliphatic rings. The van der Waals surface area contributed by atoms with Crippen LogP contribution in [0.1, 0.15) is 242 Å². The van der Waals surface area contributed by atoms with Crippen molar-refractivity contribution < 1.29 is 98.0 Å². The van der Waals surface area contributed by atoms with E-state index < -0.39 is 7.82 Å². The molecule has 69 heavy (non-hydrogen) atoms. The maximum atomic E-state index is 12.4. The number of benzene rings is 2. The van der Waals surface area contributed by atoms with Gasteiger partial charge in [-0.05, 0) is 165 Å². The molecule has 0 aromatic heterocycles. The van der Waals surface area contributed by atoms with Crippen LogP contribution in [0.4, 0.5) is 0 Å².